The fraction of sp³-hybridized carbons (Fsp3) is 0.409. The number of benzene rings is 2. The molecule has 1 aliphatic heterocycles. The molecular weight excluding hydrogens is 324 g/mol. The average molecular weight is 352 g/mol. The highest BCUT2D eigenvalue weighted by Crippen LogP contribution is 2.24. The molecule has 138 valence electrons. The van der Waals surface area contributed by atoms with Crippen molar-refractivity contribution in [3.05, 3.63) is 54.1 Å². The van der Waals surface area contributed by atoms with Gasteiger partial charge in [-0.1, -0.05) is 25.1 Å². The number of anilines is 2. The van der Waals surface area contributed by atoms with Crippen LogP contribution in [0, 0.1) is 12.8 Å². The molecule has 2 aromatic rings. The molecule has 3 rings (SSSR count). The maximum Gasteiger partial charge on any atom is 0.224 e. The molecule has 1 aliphatic rings. The van der Waals surface area contributed by atoms with E-state index in [4.69, 9.17) is 4.74 Å². The monoisotopic (exact) mass is 352 g/mol. The Morgan fingerprint density at radius 2 is 1.96 bits per heavy atom. The van der Waals surface area contributed by atoms with Crippen LogP contribution in [0.25, 0.3) is 0 Å². The number of carbonyl (C=O) groups is 1. The van der Waals surface area contributed by atoms with Gasteiger partial charge < -0.3 is 15.0 Å². The SMILES string of the molecule is Cc1ccccc1OCCCC(=O)Nc1ccc(N2CCC(C)C2)cc1. The summed E-state index contributed by atoms with van der Waals surface area (Å²) < 4.78 is 5.73. The molecule has 1 amide bonds. The molecule has 0 spiro atoms. The topological polar surface area (TPSA) is 41.6 Å². The van der Waals surface area contributed by atoms with Gasteiger partial charge in [0.1, 0.15) is 5.75 Å². The maximum atomic E-state index is 12.1. The van der Waals surface area contributed by atoms with Crippen molar-refractivity contribution in [1.29, 1.82) is 0 Å². The summed E-state index contributed by atoms with van der Waals surface area (Å²) >= 11 is 0. The van der Waals surface area contributed by atoms with E-state index in [9.17, 15) is 4.79 Å². The van der Waals surface area contributed by atoms with Crippen molar-refractivity contribution in [2.75, 3.05) is 29.9 Å². The zero-order chi connectivity index (χ0) is 18.4. The lowest BCUT2D eigenvalue weighted by atomic mass is 10.2. The Labute approximate surface area is 156 Å². The van der Waals surface area contributed by atoms with Gasteiger partial charge in [-0.2, -0.15) is 0 Å². The highest BCUT2D eigenvalue weighted by molar-refractivity contribution is 5.90. The van der Waals surface area contributed by atoms with Crippen LogP contribution in [-0.4, -0.2) is 25.6 Å². The second-order valence-electron chi connectivity index (χ2n) is 7.15. The van der Waals surface area contributed by atoms with Crippen LogP contribution in [0.1, 0.15) is 31.7 Å². The number of carbonyl (C=O) groups excluding carboxylic acids is 1. The Morgan fingerprint density at radius 1 is 1.19 bits per heavy atom. The third-order valence-electron chi connectivity index (χ3n) is 4.84. The molecule has 0 saturated carbocycles. The minimum atomic E-state index is 0.0286. The molecule has 0 radical (unpaired) electrons. The molecule has 26 heavy (non-hydrogen) atoms. The summed E-state index contributed by atoms with van der Waals surface area (Å²) in [6, 6.07) is 16.1. The summed E-state index contributed by atoms with van der Waals surface area (Å²) in [5.41, 5.74) is 3.20. The lowest BCUT2D eigenvalue weighted by Gasteiger charge is -2.18. The Bertz CT molecular complexity index is 727. The third-order valence-corrected chi connectivity index (χ3v) is 4.84. The fourth-order valence-corrected chi connectivity index (χ4v) is 3.28. The summed E-state index contributed by atoms with van der Waals surface area (Å²) in [6.45, 7) is 7.09. The van der Waals surface area contributed by atoms with Crippen LogP contribution in [-0.2, 0) is 4.79 Å². The number of hydrogen-bond acceptors (Lipinski definition) is 3. The Kier molecular flexibility index (Phi) is 6.16. The molecule has 1 heterocycles. The molecule has 1 atom stereocenters. The highest BCUT2D eigenvalue weighted by atomic mass is 16.5. The van der Waals surface area contributed by atoms with Crippen LogP contribution in [0.3, 0.4) is 0 Å². The predicted octanol–water partition coefficient (Wildman–Crippen LogP) is 4.64. The van der Waals surface area contributed by atoms with Crippen molar-refractivity contribution in [3.8, 4) is 5.75 Å². The smallest absolute Gasteiger partial charge is 0.224 e. The lowest BCUT2D eigenvalue weighted by Crippen LogP contribution is -2.19. The summed E-state index contributed by atoms with van der Waals surface area (Å²) in [4.78, 5) is 14.5. The van der Waals surface area contributed by atoms with Crippen molar-refractivity contribution in [3.63, 3.8) is 0 Å². The number of nitrogens with one attached hydrogen (secondary N) is 1. The molecule has 2 aromatic carbocycles. The minimum absolute atomic E-state index is 0.0286. The molecular formula is C22H28N2O2. The number of ether oxygens (including phenoxy) is 1. The molecule has 1 N–H and O–H groups in total. The average Bonchev–Trinajstić information content (AvgIpc) is 3.07. The lowest BCUT2D eigenvalue weighted by molar-refractivity contribution is -0.116. The number of nitrogens with zero attached hydrogens (tertiary/aromatic N) is 1. The first-order valence-corrected chi connectivity index (χ1v) is 9.45. The van der Waals surface area contributed by atoms with E-state index in [1.807, 2.05) is 43.3 Å². The molecule has 1 fully saturated rings. The summed E-state index contributed by atoms with van der Waals surface area (Å²) in [6.07, 6.45) is 2.41. The van der Waals surface area contributed by atoms with Crippen LogP contribution in [0.4, 0.5) is 11.4 Å². The largest absolute Gasteiger partial charge is 0.493 e. The van der Waals surface area contributed by atoms with Gasteiger partial charge in [-0.15, -0.1) is 0 Å². The summed E-state index contributed by atoms with van der Waals surface area (Å²) in [5, 5.41) is 2.97. The quantitative estimate of drug-likeness (QED) is 0.738. The number of amides is 1. The van der Waals surface area contributed by atoms with E-state index in [-0.39, 0.29) is 5.91 Å². The van der Waals surface area contributed by atoms with Gasteiger partial charge in [0.15, 0.2) is 0 Å². The van der Waals surface area contributed by atoms with Crippen molar-refractivity contribution in [2.45, 2.75) is 33.1 Å². The highest BCUT2D eigenvalue weighted by Gasteiger charge is 2.18. The summed E-state index contributed by atoms with van der Waals surface area (Å²) in [7, 11) is 0. The summed E-state index contributed by atoms with van der Waals surface area (Å²) in [5.74, 6) is 1.68. The van der Waals surface area contributed by atoms with Gasteiger partial charge in [-0.3, -0.25) is 4.79 Å². The molecule has 0 aliphatic carbocycles. The van der Waals surface area contributed by atoms with Gasteiger partial charge in [0.05, 0.1) is 6.61 Å². The third kappa shape index (κ3) is 5.01. The molecule has 0 aromatic heterocycles. The maximum absolute atomic E-state index is 12.1. The first-order valence-electron chi connectivity index (χ1n) is 9.45. The van der Waals surface area contributed by atoms with Crippen molar-refractivity contribution in [2.24, 2.45) is 5.92 Å². The van der Waals surface area contributed by atoms with E-state index in [2.05, 4.69) is 29.3 Å². The molecule has 1 saturated heterocycles. The van der Waals surface area contributed by atoms with Crippen LogP contribution in [0.15, 0.2) is 48.5 Å². The number of hydrogen-bond donors (Lipinski definition) is 1. The van der Waals surface area contributed by atoms with Crippen molar-refractivity contribution >= 4 is 17.3 Å². The fourth-order valence-electron chi connectivity index (χ4n) is 3.28. The van der Waals surface area contributed by atoms with Gasteiger partial charge in [0.2, 0.25) is 5.91 Å². The number of rotatable bonds is 7. The van der Waals surface area contributed by atoms with E-state index < -0.39 is 0 Å². The Hall–Kier alpha value is -2.49. The predicted molar refractivity (Wildman–Crippen MR) is 107 cm³/mol. The number of para-hydroxylation sites is 1. The van der Waals surface area contributed by atoms with Crippen LogP contribution in [0.2, 0.25) is 0 Å². The second kappa shape index (κ2) is 8.75. The molecule has 4 heteroatoms. The first kappa shape index (κ1) is 18.3. The van der Waals surface area contributed by atoms with Gasteiger partial charge in [-0.05, 0) is 61.6 Å². The Balaban J connectivity index is 1.40. The van der Waals surface area contributed by atoms with Crippen LogP contribution < -0.4 is 15.0 Å². The number of aryl methyl sites for hydroxylation is 1. The zero-order valence-corrected chi connectivity index (χ0v) is 15.7. The normalized spacial score (nSPS) is 16.5. The van der Waals surface area contributed by atoms with E-state index in [1.54, 1.807) is 0 Å². The Morgan fingerprint density at radius 3 is 2.65 bits per heavy atom. The minimum Gasteiger partial charge on any atom is -0.493 e. The molecule has 1 unspecified atom stereocenters. The van der Waals surface area contributed by atoms with E-state index in [1.165, 1.54) is 12.1 Å². The van der Waals surface area contributed by atoms with Gasteiger partial charge in [-0.25, -0.2) is 0 Å². The first-order chi connectivity index (χ1) is 12.6. The van der Waals surface area contributed by atoms with E-state index in [0.717, 1.165) is 36.0 Å². The van der Waals surface area contributed by atoms with Crippen LogP contribution >= 0.6 is 0 Å². The van der Waals surface area contributed by atoms with Crippen molar-refractivity contribution in [1.82, 2.24) is 0 Å². The van der Waals surface area contributed by atoms with E-state index >= 15 is 0 Å². The van der Waals surface area contributed by atoms with Crippen LogP contribution in [0.5, 0.6) is 5.75 Å². The zero-order valence-electron chi connectivity index (χ0n) is 15.7. The van der Waals surface area contributed by atoms with Gasteiger partial charge in [0, 0.05) is 30.9 Å². The van der Waals surface area contributed by atoms with Crippen molar-refractivity contribution < 1.29 is 9.53 Å². The standard InChI is InChI=1S/C22H28N2O2/c1-17-13-14-24(16-17)20-11-9-19(10-12-20)23-22(25)8-5-15-26-21-7-4-3-6-18(21)2/h3-4,6-7,9-12,17H,5,8,13-16H2,1-2H3,(H,23,25). The second-order valence-corrected chi connectivity index (χ2v) is 7.15. The molecule has 4 nitrogen and oxygen atoms in total. The van der Waals surface area contributed by atoms with Gasteiger partial charge >= 0.3 is 0 Å². The van der Waals surface area contributed by atoms with E-state index in [0.29, 0.717) is 19.4 Å². The molecule has 0 bridgehead atoms. The van der Waals surface area contributed by atoms with Gasteiger partial charge in [0.25, 0.3) is 0 Å².